The normalized spacial score (nSPS) is 15.3. The number of carbonyl (C=O) groups is 1. The van der Waals surface area contributed by atoms with E-state index in [2.05, 4.69) is 4.74 Å². The second kappa shape index (κ2) is 5.12. The van der Waals surface area contributed by atoms with Crippen LogP contribution in [0.4, 0.5) is 4.39 Å². The lowest BCUT2D eigenvalue weighted by Gasteiger charge is -2.20. The van der Waals surface area contributed by atoms with Crippen LogP contribution in [-0.4, -0.2) is 18.2 Å². The predicted molar refractivity (Wildman–Crippen MR) is 45.7 cm³/mol. The SMILES string of the molecule is CCCC(F)(CC)C(=O)OCC. The second-order valence-corrected chi connectivity index (χ2v) is 2.79. The molecule has 0 N–H and O–H groups in total. The van der Waals surface area contributed by atoms with Crippen molar-refractivity contribution in [2.75, 3.05) is 6.61 Å². The third-order valence-corrected chi connectivity index (χ3v) is 1.85. The van der Waals surface area contributed by atoms with Gasteiger partial charge in [-0.3, -0.25) is 0 Å². The van der Waals surface area contributed by atoms with Crippen LogP contribution in [0.3, 0.4) is 0 Å². The van der Waals surface area contributed by atoms with E-state index in [1.807, 2.05) is 6.92 Å². The summed E-state index contributed by atoms with van der Waals surface area (Å²) >= 11 is 0. The molecule has 0 radical (unpaired) electrons. The van der Waals surface area contributed by atoms with Gasteiger partial charge in [0.1, 0.15) is 0 Å². The Balaban J connectivity index is 4.18. The minimum Gasteiger partial charge on any atom is -0.464 e. The van der Waals surface area contributed by atoms with Gasteiger partial charge in [-0.1, -0.05) is 20.3 Å². The van der Waals surface area contributed by atoms with Crippen molar-refractivity contribution >= 4 is 5.97 Å². The molecule has 1 atom stereocenters. The number of alkyl halides is 1. The Morgan fingerprint density at radius 3 is 2.33 bits per heavy atom. The fourth-order valence-electron chi connectivity index (χ4n) is 1.08. The van der Waals surface area contributed by atoms with E-state index in [-0.39, 0.29) is 19.4 Å². The average Bonchev–Trinajstić information content (AvgIpc) is 2.05. The number of hydrogen-bond donors (Lipinski definition) is 0. The van der Waals surface area contributed by atoms with Gasteiger partial charge in [0.15, 0.2) is 0 Å². The van der Waals surface area contributed by atoms with E-state index < -0.39 is 11.6 Å². The number of ether oxygens (including phenoxy) is 1. The van der Waals surface area contributed by atoms with Gasteiger partial charge in [0.25, 0.3) is 0 Å². The molecule has 0 aliphatic heterocycles. The van der Waals surface area contributed by atoms with E-state index in [1.54, 1.807) is 13.8 Å². The molecule has 0 aromatic rings. The highest BCUT2D eigenvalue weighted by Crippen LogP contribution is 2.23. The van der Waals surface area contributed by atoms with E-state index in [0.29, 0.717) is 6.42 Å². The molecule has 3 heteroatoms. The summed E-state index contributed by atoms with van der Waals surface area (Å²) in [4.78, 5) is 11.1. The Morgan fingerprint density at radius 2 is 2.00 bits per heavy atom. The van der Waals surface area contributed by atoms with Crippen LogP contribution in [0, 0.1) is 0 Å². The maximum atomic E-state index is 13.6. The highest BCUT2D eigenvalue weighted by atomic mass is 19.1. The van der Waals surface area contributed by atoms with Gasteiger partial charge in [-0.25, -0.2) is 9.18 Å². The van der Waals surface area contributed by atoms with Gasteiger partial charge in [-0.05, 0) is 19.8 Å². The largest absolute Gasteiger partial charge is 0.464 e. The van der Waals surface area contributed by atoms with Gasteiger partial charge in [-0.2, -0.15) is 0 Å². The number of halogens is 1. The summed E-state index contributed by atoms with van der Waals surface area (Å²) in [5.74, 6) is -0.714. The van der Waals surface area contributed by atoms with Crippen LogP contribution in [0.15, 0.2) is 0 Å². The smallest absolute Gasteiger partial charge is 0.343 e. The molecule has 2 nitrogen and oxygen atoms in total. The van der Waals surface area contributed by atoms with Crippen LogP contribution < -0.4 is 0 Å². The average molecular weight is 176 g/mol. The molecule has 0 aliphatic rings. The molecule has 0 saturated carbocycles. The second-order valence-electron chi connectivity index (χ2n) is 2.79. The molecule has 0 rings (SSSR count). The Hall–Kier alpha value is -0.600. The van der Waals surface area contributed by atoms with Crippen molar-refractivity contribution in [3.63, 3.8) is 0 Å². The lowest BCUT2D eigenvalue weighted by atomic mass is 9.97. The summed E-state index contributed by atoms with van der Waals surface area (Å²) in [5, 5.41) is 0. The predicted octanol–water partition coefficient (Wildman–Crippen LogP) is 2.47. The molecule has 12 heavy (non-hydrogen) atoms. The standard InChI is InChI=1S/C9H17FO2/c1-4-7-9(10,5-2)8(11)12-6-3/h4-7H2,1-3H3. The first-order valence-electron chi connectivity index (χ1n) is 4.46. The molecule has 0 saturated heterocycles. The van der Waals surface area contributed by atoms with E-state index in [0.717, 1.165) is 0 Å². The summed E-state index contributed by atoms with van der Waals surface area (Å²) in [5.41, 5.74) is -1.76. The van der Waals surface area contributed by atoms with Crippen LogP contribution in [0.25, 0.3) is 0 Å². The van der Waals surface area contributed by atoms with Gasteiger partial charge in [0, 0.05) is 0 Å². The quantitative estimate of drug-likeness (QED) is 0.601. The number of rotatable bonds is 5. The minimum absolute atomic E-state index is 0.194. The summed E-state index contributed by atoms with van der Waals surface area (Å²) in [6.45, 7) is 5.43. The fraction of sp³-hybridized carbons (Fsp3) is 0.889. The zero-order chi connectivity index (χ0) is 9.61. The molecular weight excluding hydrogens is 159 g/mol. The zero-order valence-electron chi connectivity index (χ0n) is 8.02. The van der Waals surface area contributed by atoms with Crippen LogP contribution in [0.1, 0.15) is 40.0 Å². The molecule has 0 bridgehead atoms. The number of carbonyl (C=O) groups excluding carboxylic acids is 1. The van der Waals surface area contributed by atoms with Crippen LogP contribution in [-0.2, 0) is 9.53 Å². The molecule has 0 fully saturated rings. The first-order valence-corrected chi connectivity index (χ1v) is 4.46. The van der Waals surface area contributed by atoms with Crippen molar-refractivity contribution in [2.45, 2.75) is 45.7 Å². The Labute approximate surface area is 73.1 Å². The van der Waals surface area contributed by atoms with Crippen molar-refractivity contribution < 1.29 is 13.9 Å². The van der Waals surface area contributed by atoms with E-state index in [1.165, 1.54) is 0 Å². The zero-order valence-corrected chi connectivity index (χ0v) is 8.02. The van der Waals surface area contributed by atoms with Crippen molar-refractivity contribution in [2.24, 2.45) is 0 Å². The van der Waals surface area contributed by atoms with Crippen molar-refractivity contribution in [1.82, 2.24) is 0 Å². The summed E-state index contributed by atoms with van der Waals surface area (Å²) < 4.78 is 18.3. The van der Waals surface area contributed by atoms with E-state index in [9.17, 15) is 9.18 Å². The summed E-state index contributed by atoms with van der Waals surface area (Å²) in [7, 11) is 0. The van der Waals surface area contributed by atoms with Crippen LogP contribution in [0.2, 0.25) is 0 Å². The molecule has 0 amide bonds. The Kier molecular flexibility index (Phi) is 4.86. The van der Waals surface area contributed by atoms with Gasteiger partial charge in [0.05, 0.1) is 6.61 Å². The number of hydrogen-bond acceptors (Lipinski definition) is 2. The third-order valence-electron chi connectivity index (χ3n) is 1.85. The van der Waals surface area contributed by atoms with Gasteiger partial charge < -0.3 is 4.74 Å². The molecule has 0 aromatic heterocycles. The Morgan fingerprint density at radius 1 is 1.42 bits per heavy atom. The van der Waals surface area contributed by atoms with Crippen LogP contribution in [0.5, 0.6) is 0 Å². The first-order chi connectivity index (χ1) is 5.60. The fourth-order valence-corrected chi connectivity index (χ4v) is 1.08. The lowest BCUT2D eigenvalue weighted by molar-refractivity contribution is -0.158. The minimum atomic E-state index is -1.76. The maximum absolute atomic E-state index is 13.6. The monoisotopic (exact) mass is 176 g/mol. The van der Waals surface area contributed by atoms with Gasteiger partial charge >= 0.3 is 5.97 Å². The van der Waals surface area contributed by atoms with Crippen molar-refractivity contribution in [3.8, 4) is 0 Å². The highest BCUT2D eigenvalue weighted by Gasteiger charge is 2.36. The topological polar surface area (TPSA) is 26.3 Å². The first kappa shape index (κ1) is 11.4. The summed E-state index contributed by atoms with van der Waals surface area (Å²) in [6.07, 6.45) is 1.10. The van der Waals surface area contributed by atoms with Gasteiger partial charge in [-0.15, -0.1) is 0 Å². The molecule has 1 unspecified atom stereocenters. The van der Waals surface area contributed by atoms with Crippen LogP contribution >= 0.6 is 0 Å². The third kappa shape index (κ3) is 2.80. The molecule has 0 heterocycles. The molecular formula is C9H17FO2. The molecule has 0 aliphatic carbocycles. The number of esters is 1. The Bertz CT molecular complexity index is 147. The van der Waals surface area contributed by atoms with Gasteiger partial charge in [0.2, 0.25) is 5.67 Å². The molecule has 72 valence electrons. The van der Waals surface area contributed by atoms with Crippen molar-refractivity contribution in [3.05, 3.63) is 0 Å². The van der Waals surface area contributed by atoms with E-state index in [4.69, 9.17) is 0 Å². The van der Waals surface area contributed by atoms with Crippen molar-refractivity contribution in [1.29, 1.82) is 0 Å². The maximum Gasteiger partial charge on any atom is 0.343 e. The molecule has 0 spiro atoms. The molecule has 0 aromatic carbocycles. The lowest BCUT2D eigenvalue weighted by Crippen LogP contribution is -2.34. The summed E-state index contributed by atoms with van der Waals surface area (Å²) in [6, 6.07) is 0. The van der Waals surface area contributed by atoms with E-state index >= 15 is 0 Å². The highest BCUT2D eigenvalue weighted by molar-refractivity contribution is 5.79.